The van der Waals surface area contributed by atoms with Crippen LogP contribution in [0.1, 0.15) is 25.0 Å². The van der Waals surface area contributed by atoms with Crippen LogP contribution in [0.4, 0.5) is 0 Å². The van der Waals surface area contributed by atoms with Crippen LogP contribution in [0.25, 0.3) is 17.2 Å². The van der Waals surface area contributed by atoms with Crippen molar-refractivity contribution in [2.75, 3.05) is 0 Å². The molecule has 0 spiro atoms. The molecule has 0 saturated heterocycles. The van der Waals surface area contributed by atoms with Crippen LogP contribution in [0.15, 0.2) is 164 Å². The predicted molar refractivity (Wildman–Crippen MR) is 193 cm³/mol. The predicted octanol–water partition coefficient (Wildman–Crippen LogP) is 8.98. The molecular formula is C42H38O2P+. The number of benzene rings is 6. The van der Waals surface area contributed by atoms with E-state index in [0.717, 1.165) is 22.6 Å². The first-order valence-electron chi connectivity index (χ1n) is 15.4. The lowest BCUT2D eigenvalue weighted by molar-refractivity contribution is 0.241. The van der Waals surface area contributed by atoms with Gasteiger partial charge in [0.2, 0.25) is 0 Å². The van der Waals surface area contributed by atoms with Crippen LogP contribution in [0.5, 0.6) is 11.5 Å². The summed E-state index contributed by atoms with van der Waals surface area (Å²) < 4.78 is 12.0. The monoisotopic (exact) mass is 605 g/mol. The quantitative estimate of drug-likeness (QED) is 0.137. The maximum absolute atomic E-state index is 6.12. The van der Waals surface area contributed by atoms with Gasteiger partial charge in [-0.3, -0.25) is 0 Å². The summed E-state index contributed by atoms with van der Waals surface area (Å²) in [6.07, 6.45) is 1.90. The molecule has 0 N–H and O–H groups in total. The third-order valence-electron chi connectivity index (χ3n) is 7.94. The summed E-state index contributed by atoms with van der Waals surface area (Å²) in [4.78, 5) is 0. The van der Waals surface area contributed by atoms with E-state index in [1.54, 1.807) is 6.08 Å². The van der Waals surface area contributed by atoms with E-state index in [4.69, 9.17) is 9.47 Å². The van der Waals surface area contributed by atoms with Crippen LogP contribution in [-0.2, 0) is 6.61 Å². The summed E-state index contributed by atoms with van der Waals surface area (Å²) >= 11 is 0. The van der Waals surface area contributed by atoms with Crippen molar-refractivity contribution in [3.63, 3.8) is 0 Å². The van der Waals surface area contributed by atoms with Gasteiger partial charge in [-0.2, -0.15) is 0 Å². The second-order valence-electron chi connectivity index (χ2n) is 11.3. The normalized spacial score (nSPS) is 11.3. The molecule has 0 aliphatic carbocycles. The van der Waals surface area contributed by atoms with Crippen molar-refractivity contribution in [2.45, 2.75) is 26.6 Å². The third-order valence-corrected chi connectivity index (χ3v) is 12.2. The van der Waals surface area contributed by atoms with Crippen LogP contribution in [0, 0.1) is 0 Å². The molecular weight excluding hydrogens is 567 g/mol. The Labute approximate surface area is 268 Å². The standard InChI is InChI=1S/C42H38O2P/c1-4-34-30-37(26-29-42(34)44-32(2)3)43-31-33-20-22-35(23-21-33)36-24-27-41(28-25-36)45(38-14-8-5-9-15-38,39-16-10-6-11-17-39)40-18-12-7-13-19-40/h4-30,32H,1,31H2,2-3H3/q+1. The fourth-order valence-corrected chi connectivity index (χ4v) is 10.1. The van der Waals surface area contributed by atoms with Gasteiger partial charge in [-0.1, -0.05) is 104 Å². The molecule has 6 aromatic rings. The Balaban J connectivity index is 1.27. The number of hydrogen-bond acceptors (Lipinski definition) is 2. The first-order valence-corrected chi connectivity index (χ1v) is 17.2. The number of ether oxygens (including phenoxy) is 2. The van der Waals surface area contributed by atoms with Crippen LogP contribution in [0.2, 0.25) is 0 Å². The zero-order valence-corrected chi connectivity index (χ0v) is 26.7. The van der Waals surface area contributed by atoms with Crippen molar-refractivity contribution >= 4 is 34.6 Å². The molecule has 6 rings (SSSR count). The van der Waals surface area contributed by atoms with Gasteiger partial charge in [0.1, 0.15) is 46.6 Å². The van der Waals surface area contributed by atoms with Gasteiger partial charge < -0.3 is 9.47 Å². The first-order chi connectivity index (χ1) is 22.1. The van der Waals surface area contributed by atoms with Crippen molar-refractivity contribution in [2.24, 2.45) is 0 Å². The highest BCUT2D eigenvalue weighted by Gasteiger charge is 2.47. The number of rotatable bonds is 11. The van der Waals surface area contributed by atoms with Crippen LogP contribution < -0.4 is 30.7 Å². The Kier molecular flexibility index (Phi) is 9.24. The molecule has 6 aromatic carbocycles. The van der Waals surface area contributed by atoms with Crippen molar-refractivity contribution in [1.29, 1.82) is 0 Å². The van der Waals surface area contributed by atoms with Crippen molar-refractivity contribution in [3.05, 3.63) is 175 Å². The summed E-state index contributed by atoms with van der Waals surface area (Å²) in [6.45, 7) is 8.45. The first kappa shape index (κ1) is 30.1. The van der Waals surface area contributed by atoms with E-state index in [0.29, 0.717) is 6.61 Å². The highest BCUT2D eigenvalue weighted by molar-refractivity contribution is 8.01. The fourth-order valence-electron chi connectivity index (χ4n) is 5.82. The summed E-state index contributed by atoms with van der Waals surface area (Å²) in [5, 5.41) is 5.38. The summed E-state index contributed by atoms with van der Waals surface area (Å²) in [5.41, 5.74) is 4.41. The second kappa shape index (κ2) is 13.8. The van der Waals surface area contributed by atoms with E-state index in [9.17, 15) is 0 Å². The lowest BCUT2D eigenvalue weighted by Gasteiger charge is -2.27. The molecule has 0 heterocycles. The molecule has 3 heteroatoms. The van der Waals surface area contributed by atoms with E-state index >= 15 is 0 Å². The highest BCUT2D eigenvalue weighted by Crippen LogP contribution is 2.54. The molecule has 0 bridgehead atoms. The summed E-state index contributed by atoms with van der Waals surface area (Å²) in [5.74, 6) is 1.61. The molecule has 0 aliphatic heterocycles. The van der Waals surface area contributed by atoms with E-state index in [1.807, 2.05) is 32.0 Å². The molecule has 0 fully saturated rings. The molecule has 0 atom stereocenters. The third kappa shape index (κ3) is 6.48. The Morgan fingerprint density at radius 1 is 0.578 bits per heavy atom. The molecule has 0 radical (unpaired) electrons. The molecule has 0 saturated carbocycles. The van der Waals surface area contributed by atoms with Gasteiger partial charge in [-0.05, 0) is 97.3 Å². The lowest BCUT2D eigenvalue weighted by atomic mass is 10.0. The maximum Gasteiger partial charge on any atom is 0.144 e. The molecule has 0 amide bonds. The molecule has 222 valence electrons. The lowest BCUT2D eigenvalue weighted by Crippen LogP contribution is -2.38. The number of hydrogen-bond donors (Lipinski definition) is 0. The van der Waals surface area contributed by atoms with E-state index < -0.39 is 7.26 Å². The van der Waals surface area contributed by atoms with Crippen molar-refractivity contribution < 1.29 is 9.47 Å². The van der Waals surface area contributed by atoms with Gasteiger partial charge in [0, 0.05) is 5.56 Å². The Hall–Kier alpha value is -4.91. The van der Waals surface area contributed by atoms with Gasteiger partial charge in [0.05, 0.1) is 6.10 Å². The van der Waals surface area contributed by atoms with Gasteiger partial charge in [0.25, 0.3) is 0 Å². The Morgan fingerprint density at radius 3 is 1.51 bits per heavy atom. The van der Waals surface area contributed by atoms with Gasteiger partial charge in [0.15, 0.2) is 0 Å². The topological polar surface area (TPSA) is 18.5 Å². The van der Waals surface area contributed by atoms with E-state index in [2.05, 4.69) is 146 Å². The Bertz CT molecular complexity index is 1730. The zero-order chi connectivity index (χ0) is 31.1. The Morgan fingerprint density at radius 2 is 1.04 bits per heavy atom. The summed E-state index contributed by atoms with van der Waals surface area (Å²) in [6, 6.07) is 56.7. The van der Waals surface area contributed by atoms with Crippen molar-refractivity contribution in [1.82, 2.24) is 0 Å². The second-order valence-corrected chi connectivity index (χ2v) is 14.7. The van der Waals surface area contributed by atoms with E-state index in [1.165, 1.54) is 32.3 Å². The fraction of sp³-hybridized carbons (Fsp3) is 0.0952. The van der Waals surface area contributed by atoms with Crippen LogP contribution >= 0.6 is 7.26 Å². The van der Waals surface area contributed by atoms with Crippen LogP contribution in [-0.4, -0.2) is 6.10 Å². The molecule has 0 aromatic heterocycles. The smallest absolute Gasteiger partial charge is 0.144 e. The van der Waals surface area contributed by atoms with Gasteiger partial charge in [-0.15, -0.1) is 0 Å². The van der Waals surface area contributed by atoms with Crippen molar-refractivity contribution in [3.8, 4) is 22.6 Å². The minimum atomic E-state index is -2.11. The molecule has 0 aliphatic rings. The maximum atomic E-state index is 6.12. The molecule has 0 unspecified atom stereocenters. The van der Waals surface area contributed by atoms with Crippen LogP contribution in [0.3, 0.4) is 0 Å². The average Bonchev–Trinajstić information content (AvgIpc) is 3.10. The van der Waals surface area contributed by atoms with E-state index in [-0.39, 0.29) is 6.10 Å². The molecule has 45 heavy (non-hydrogen) atoms. The SMILES string of the molecule is C=Cc1cc(OCc2ccc(-c3ccc([P+](c4ccccc4)(c4ccccc4)c4ccccc4)cc3)cc2)ccc1OC(C)C. The highest BCUT2D eigenvalue weighted by atomic mass is 31.2. The average molecular weight is 606 g/mol. The largest absolute Gasteiger partial charge is 0.490 e. The minimum absolute atomic E-state index is 0.103. The molecule has 2 nitrogen and oxygen atoms in total. The van der Waals surface area contributed by atoms with Gasteiger partial charge >= 0.3 is 0 Å². The zero-order valence-electron chi connectivity index (χ0n) is 25.8. The summed E-state index contributed by atoms with van der Waals surface area (Å²) in [7, 11) is -2.11. The minimum Gasteiger partial charge on any atom is -0.490 e. The van der Waals surface area contributed by atoms with Gasteiger partial charge in [-0.25, -0.2) is 0 Å².